The molecule has 4 aromatic rings. The van der Waals surface area contributed by atoms with E-state index in [1.54, 1.807) is 17.7 Å². The molecule has 2 aromatic carbocycles. The first-order valence-electron chi connectivity index (χ1n) is 9.05. The minimum Gasteiger partial charge on any atom is -0.293 e. The molecule has 0 saturated heterocycles. The molecule has 0 bridgehead atoms. The van der Waals surface area contributed by atoms with Crippen LogP contribution in [-0.4, -0.2) is 21.5 Å². The van der Waals surface area contributed by atoms with Crippen LogP contribution < -0.4 is 0 Å². The van der Waals surface area contributed by atoms with Crippen LogP contribution in [0.1, 0.15) is 27.0 Å². The molecule has 4 rings (SSSR count). The molecule has 28 heavy (non-hydrogen) atoms. The number of thioether (sulfide) groups is 1. The number of carbonyl (C=O) groups is 1. The zero-order valence-electron chi connectivity index (χ0n) is 16.0. The molecule has 140 valence electrons. The summed E-state index contributed by atoms with van der Waals surface area (Å²) < 4.78 is 0. The van der Waals surface area contributed by atoms with E-state index in [1.807, 2.05) is 25.1 Å². The van der Waals surface area contributed by atoms with E-state index in [1.165, 1.54) is 22.9 Å². The lowest BCUT2D eigenvalue weighted by molar-refractivity contribution is 0.102. The van der Waals surface area contributed by atoms with Gasteiger partial charge in [0, 0.05) is 16.5 Å². The van der Waals surface area contributed by atoms with Gasteiger partial charge in [0.15, 0.2) is 5.78 Å². The molecule has 0 fully saturated rings. The maximum atomic E-state index is 12.7. The van der Waals surface area contributed by atoms with Gasteiger partial charge in [-0.05, 0) is 43.5 Å². The molecule has 2 aromatic heterocycles. The lowest BCUT2D eigenvalue weighted by Crippen LogP contribution is -2.03. The third-order valence-electron chi connectivity index (χ3n) is 4.87. The largest absolute Gasteiger partial charge is 0.293 e. The summed E-state index contributed by atoms with van der Waals surface area (Å²) in [5.74, 6) is 0.476. The first kappa shape index (κ1) is 18.8. The van der Waals surface area contributed by atoms with Gasteiger partial charge in [0.2, 0.25) is 0 Å². The summed E-state index contributed by atoms with van der Waals surface area (Å²) in [6, 6.07) is 14.3. The lowest BCUT2D eigenvalue weighted by Gasteiger charge is -2.07. The summed E-state index contributed by atoms with van der Waals surface area (Å²) >= 11 is 3.10. The Hall–Kier alpha value is -2.50. The molecule has 0 atom stereocenters. The fourth-order valence-corrected chi connectivity index (χ4v) is 4.92. The first-order valence-corrected chi connectivity index (χ1v) is 10.9. The van der Waals surface area contributed by atoms with Gasteiger partial charge >= 0.3 is 0 Å². The van der Waals surface area contributed by atoms with Crippen LogP contribution in [-0.2, 0) is 0 Å². The number of aryl methyl sites for hydroxylation is 3. The molecule has 2 heterocycles. The van der Waals surface area contributed by atoms with Crippen LogP contribution in [0.5, 0.6) is 0 Å². The van der Waals surface area contributed by atoms with Crippen LogP contribution in [0, 0.1) is 20.8 Å². The molecule has 0 aliphatic rings. The number of Topliss-reactive ketones (excluding diaryl/α,β-unsaturated/α-hetero) is 1. The average Bonchev–Trinajstić information content (AvgIpc) is 3.13. The van der Waals surface area contributed by atoms with Gasteiger partial charge in [-0.15, -0.1) is 11.3 Å². The van der Waals surface area contributed by atoms with Crippen molar-refractivity contribution < 1.29 is 4.79 Å². The smallest absolute Gasteiger partial charge is 0.173 e. The van der Waals surface area contributed by atoms with Gasteiger partial charge in [-0.1, -0.05) is 53.7 Å². The molecule has 0 radical (unpaired) electrons. The van der Waals surface area contributed by atoms with Gasteiger partial charge in [0.05, 0.1) is 11.1 Å². The monoisotopic (exact) mass is 404 g/mol. The van der Waals surface area contributed by atoms with Crippen LogP contribution in [0.25, 0.3) is 21.3 Å². The van der Waals surface area contributed by atoms with E-state index >= 15 is 0 Å². The molecular weight excluding hydrogens is 384 g/mol. The number of aromatic nitrogens is 2. The maximum Gasteiger partial charge on any atom is 0.173 e. The molecule has 5 heteroatoms. The Morgan fingerprint density at radius 1 is 1.00 bits per heavy atom. The number of hydrogen-bond donors (Lipinski definition) is 0. The van der Waals surface area contributed by atoms with Crippen molar-refractivity contribution in [3.8, 4) is 11.1 Å². The highest BCUT2D eigenvalue weighted by atomic mass is 32.2. The number of ketones is 1. The Bertz CT molecular complexity index is 1160. The minimum atomic E-state index is 0.118. The zero-order chi connectivity index (χ0) is 19.7. The fourth-order valence-electron chi connectivity index (χ4n) is 3.03. The van der Waals surface area contributed by atoms with Crippen LogP contribution in [0.15, 0.2) is 59.2 Å². The SMILES string of the molecule is Cc1ccc(-c2csc3ncnc(SCC(=O)c4ccc(C)c(C)c4)c23)cc1. The third kappa shape index (κ3) is 3.73. The second-order valence-corrected chi connectivity index (χ2v) is 8.71. The highest BCUT2D eigenvalue weighted by Crippen LogP contribution is 2.38. The van der Waals surface area contributed by atoms with E-state index in [0.29, 0.717) is 5.75 Å². The van der Waals surface area contributed by atoms with Crippen LogP contribution in [0.2, 0.25) is 0 Å². The molecule has 0 saturated carbocycles. The number of rotatable bonds is 5. The summed E-state index contributed by atoms with van der Waals surface area (Å²) in [7, 11) is 0. The average molecular weight is 405 g/mol. The number of benzene rings is 2. The first-order chi connectivity index (χ1) is 13.5. The van der Waals surface area contributed by atoms with E-state index < -0.39 is 0 Å². The fraction of sp³-hybridized carbons (Fsp3) is 0.174. The predicted octanol–water partition coefficient (Wildman–Crippen LogP) is 6.26. The highest BCUT2D eigenvalue weighted by Gasteiger charge is 2.15. The van der Waals surface area contributed by atoms with Crippen molar-refractivity contribution in [3.05, 3.63) is 76.4 Å². The summed E-state index contributed by atoms with van der Waals surface area (Å²) in [5, 5.41) is 4.02. The minimum absolute atomic E-state index is 0.118. The Kier molecular flexibility index (Phi) is 5.29. The van der Waals surface area contributed by atoms with Crippen molar-refractivity contribution >= 4 is 39.1 Å². The zero-order valence-corrected chi connectivity index (χ0v) is 17.7. The summed E-state index contributed by atoms with van der Waals surface area (Å²) in [5.41, 5.74) is 6.59. The van der Waals surface area contributed by atoms with Crippen molar-refractivity contribution in [2.75, 3.05) is 5.75 Å². The molecule has 0 N–H and O–H groups in total. The molecular formula is C23H20N2OS2. The summed E-state index contributed by atoms with van der Waals surface area (Å²) in [4.78, 5) is 22.5. The maximum absolute atomic E-state index is 12.7. The van der Waals surface area contributed by atoms with Gasteiger partial charge in [-0.3, -0.25) is 4.79 Å². The number of carbonyl (C=O) groups excluding carboxylic acids is 1. The topological polar surface area (TPSA) is 42.9 Å². The normalized spacial score (nSPS) is 11.1. The van der Waals surface area contributed by atoms with Gasteiger partial charge in [-0.25, -0.2) is 9.97 Å². The molecule has 0 aliphatic heterocycles. The van der Waals surface area contributed by atoms with E-state index in [-0.39, 0.29) is 5.78 Å². The molecule has 0 aliphatic carbocycles. The second-order valence-electron chi connectivity index (χ2n) is 6.89. The predicted molar refractivity (Wildman–Crippen MR) is 119 cm³/mol. The second kappa shape index (κ2) is 7.86. The van der Waals surface area contributed by atoms with Crippen molar-refractivity contribution in [2.24, 2.45) is 0 Å². The molecule has 0 unspecified atom stereocenters. The van der Waals surface area contributed by atoms with Gasteiger partial charge in [0.25, 0.3) is 0 Å². The standard InChI is InChI=1S/C23H20N2OS2/c1-14-4-7-17(8-5-14)19-11-27-22-21(19)23(25-13-24-22)28-12-20(26)18-9-6-15(2)16(3)10-18/h4-11,13H,12H2,1-3H3. The van der Waals surface area contributed by atoms with Crippen LogP contribution in [0.4, 0.5) is 0 Å². The molecule has 3 nitrogen and oxygen atoms in total. The summed E-state index contributed by atoms with van der Waals surface area (Å²) in [6.45, 7) is 6.17. The van der Waals surface area contributed by atoms with Crippen molar-refractivity contribution in [2.45, 2.75) is 25.8 Å². The number of hydrogen-bond acceptors (Lipinski definition) is 5. The number of thiophene rings is 1. The lowest BCUT2D eigenvalue weighted by atomic mass is 10.0. The van der Waals surface area contributed by atoms with Crippen molar-refractivity contribution in [3.63, 3.8) is 0 Å². The Balaban J connectivity index is 1.63. The van der Waals surface area contributed by atoms with Crippen LogP contribution in [0.3, 0.4) is 0 Å². The summed E-state index contributed by atoms with van der Waals surface area (Å²) in [6.07, 6.45) is 1.58. The molecule has 0 spiro atoms. The Morgan fingerprint density at radius 2 is 1.79 bits per heavy atom. The Labute approximate surface area is 172 Å². The molecule has 0 amide bonds. The van der Waals surface area contributed by atoms with E-state index in [4.69, 9.17) is 0 Å². The van der Waals surface area contributed by atoms with E-state index in [0.717, 1.165) is 37.5 Å². The van der Waals surface area contributed by atoms with Gasteiger partial charge < -0.3 is 0 Å². The van der Waals surface area contributed by atoms with Crippen molar-refractivity contribution in [1.82, 2.24) is 9.97 Å². The highest BCUT2D eigenvalue weighted by molar-refractivity contribution is 8.00. The number of nitrogens with zero attached hydrogens (tertiary/aromatic N) is 2. The number of fused-ring (bicyclic) bond motifs is 1. The Morgan fingerprint density at radius 3 is 2.54 bits per heavy atom. The van der Waals surface area contributed by atoms with Crippen LogP contribution >= 0.6 is 23.1 Å². The van der Waals surface area contributed by atoms with Gasteiger partial charge in [0.1, 0.15) is 16.2 Å². The quantitative estimate of drug-likeness (QED) is 0.224. The van der Waals surface area contributed by atoms with Gasteiger partial charge in [-0.2, -0.15) is 0 Å². The van der Waals surface area contributed by atoms with Crippen molar-refractivity contribution in [1.29, 1.82) is 0 Å². The van der Waals surface area contributed by atoms with E-state index in [9.17, 15) is 4.79 Å². The third-order valence-corrected chi connectivity index (χ3v) is 6.74. The van der Waals surface area contributed by atoms with E-state index in [2.05, 4.69) is 53.5 Å².